The Morgan fingerprint density at radius 3 is 3.00 bits per heavy atom. The van der Waals surface area contributed by atoms with Crippen LogP contribution in [0.4, 0.5) is 0 Å². The average molecular weight is 194 g/mol. The van der Waals surface area contributed by atoms with E-state index in [-0.39, 0.29) is 0 Å². The van der Waals surface area contributed by atoms with Gasteiger partial charge in [0, 0.05) is 24.0 Å². The maximum absolute atomic E-state index is 10.7. The van der Waals surface area contributed by atoms with E-state index in [1.54, 1.807) is 24.5 Å². The van der Waals surface area contributed by atoms with E-state index >= 15 is 0 Å². The fraction of sp³-hybridized carbons (Fsp3) is 0. The SMILES string of the molecule is O=S(O)c1cnc2ccncc2c1. The normalized spacial score (nSPS) is 13.0. The summed E-state index contributed by atoms with van der Waals surface area (Å²) in [5, 5.41) is 0.766. The third kappa shape index (κ3) is 1.56. The number of hydrogen-bond acceptors (Lipinski definition) is 3. The maximum atomic E-state index is 10.7. The fourth-order valence-electron chi connectivity index (χ4n) is 1.05. The minimum atomic E-state index is -1.98. The fourth-order valence-corrected chi connectivity index (χ4v) is 1.42. The monoisotopic (exact) mass is 194 g/mol. The summed E-state index contributed by atoms with van der Waals surface area (Å²) >= 11 is -1.98. The highest BCUT2D eigenvalue weighted by atomic mass is 32.2. The van der Waals surface area contributed by atoms with Gasteiger partial charge in [0.15, 0.2) is 11.1 Å². The van der Waals surface area contributed by atoms with Gasteiger partial charge in [-0.05, 0) is 12.1 Å². The molecule has 0 saturated carbocycles. The lowest BCUT2D eigenvalue weighted by molar-refractivity contribution is 0.564. The van der Waals surface area contributed by atoms with E-state index in [4.69, 9.17) is 4.55 Å². The molecule has 0 aliphatic carbocycles. The van der Waals surface area contributed by atoms with Crippen molar-refractivity contribution in [1.82, 2.24) is 9.97 Å². The molecule has 2 heterocycles. The molecule has 0 fully saturated rings. The standard InChI is InChI=1S/C8H6N2O2S/c11-13(12)7-3-6-4-9-2-1-8(6)10-5-7/h1-5H,(H,11,12). The second-order valence-corrected chi connectivity index (χ2v) is 3.46. The van der Waals surface area contributed by atoms with Crippen LogP contribution < -0.4 is 0 Å². The zero-order chi connectivity index (χ0) is 9.26. The van der Waals surface area contributed by atoms with Crippen molar-refractivity contribution < 1.29 is 8.76 Å². The molecule has 0 spiro atoms. The molecule has 0 aliphatic rings. The van der Waals surface area contributed by atoms with Crippen LogP contribution in [-0.2, 0) is 11.1 Å². The number of nitrogens with zero attached hydrogens (tertiary/aromatic N) is 2. The Bertz CT molecular complexity index is 472. The zero-order valence-electron chi connectivity index (χ0n) is 6.54. The molecule has 4 nitrogen and oxygen atoms in total. The van der Waals surface area contributed by atoms with Crippen molar-refractivity contribution in [2.75, 3.05) is 0 Å². The van der Waals surface area contributed by atoms with Crippen molar-refractivity contribution in [2.24, 2.45) is 0 Å². The summed E-state index contributed by atoms with van der Waals surface area (Å²) in [6.07, 6.45) is 4.63. The van der Waals surface area contributed by atoms with Crippen LogP contribution in [0.3, 0.4) is 0 Å². The third-order valence-electron chi connectivity index (χ3n) is 1.66. The second-order valence-electron chi connectivity index (χ2n) is 2.49. The summed E-state index contributed by atoms with van der Waals surface area (Å²) in [6.45, 7) is 0. The predicted octanol–water partition coefficient (Wildman–Crippen LogP) is 1.21. The van der Waals surface area contributed by atoms with Gasteiger partial charge in [0.25, 0.3) is 0 Å². The molecule has 0 saturated heterocycles. The van der Waals surface area contributed by atoms with Gasteiger partial charge in [0.2, 0.25) is 0 Å². The van der Waals surface area contributed by atoms with Gasteiger partial charge in [-0.25, -0.2) is 4.21 Å². The van der Waals surface area contributed by atoms with Crippen LogP contribution in [-0.4, -0.2) is 18.7 Å². The lowest BCUT2D eigenvalue weighted by Gasteiger charge is -1.97. The molecule has 13 heavy (non-hydrogen) atoms. The molecule has 0 radical (unpaired) electrons. The smallest absolute Gasteiger partial charge is 0.188 e. The number of hydrogen-bond donors (Lipinski definition) is 1. The summed E-state index contributed by atoms with van der Waals surface area (Å²) in [5.74, 6) is 0. The first-order chi connectivity index (χ1) is 6.27. The van der Waals surface area contributed by atoms with Gasteiger partial charge in [-0.1, -0.05) is 0 Å². The minimum absolute atomic E-state index is 0.292. The van der Waals surface area contributed by atoms with Crippen molar-refractivity contribution in [3.05, 3.63) is 30.7 Å². The zero-order valence-corrected chi connectivity index (χ0v) is 7.36. The van der Waals surface area contributed by atoms with E-state index in [0.717, 1.165) is 10.9 Å². The summed E-state index contributed by atoms with van der Waals surface area (Å²) in [6, 6.07) is 3.35. The van der Waals surface area contributed by atoms with Crippen LogP contribution in [0.25, 0.3) is 10.9 Å². The maximum Gasteiger partial charge on any atom is 0.188 e. The Morgan fingerprint density at radius 2 is 2.23 bits per heavy atom. The van der Waals surface area contributed by atoms with Crippen LogP contribution in [0.5, 0.6) is 0 Å². The molecule has 2 aromatic rings. The quantitative estimate of drug-likeness (QED) is 0.693. The van der Waals surface area contributed by atoms with Crippen LogP contribution in [0, 0.1) is 0 Å². The topological polar surface area (TPSA) is 63.1 Å². The van der Waals surface area contributed by atoms with Crippen LogP contribution in [0.2, 0.25) is 0 Å². The Hall–Kier alpha value is -1.33. The molecule has 0 bridgehead atoms. The summed E-state index contributed by atoms with van der Waals surface area (Å²) < 4.78 is 19.5. The Balaban J connectivity index is 2.69. The van der Waals surface area contributed by atoms with Crippen molar-refractivity contribution in [1.29, 1.82) is 0 Å². The second kappa shape index (κ2) is 3.20. The van der Waals surface area contributed by atoms with Crippen LogP contribution >= 0.6 is 0 Å². The lowest BCUT2D eigenvalue weighted by atomic mass is 10.3. The first-order valence-electron chi connectivity index (χ1n) is 3.58. The highest BCUT2D eigenvalue weighted by molar-refractivity contribution is 7.79. The predicted molar refractivity (Wildman–Crippen MR) is 48.6 cm³/mol. The molecule has 2 rings (SSSR count). The molecule has 0 aromatic carbocycles. The highest BCUT2D eigenvalue weighted by Gasteiger charge is 2.01. The van der Waals surface area contributed by atoms with Gasteiger partial charge in [-0.2, -0.15) is 0 Å². The van der Waals surface area contributed by atoms with Gasteiger partial charge < -0.3 is 4.55 Å². The first-order valence-corrected chi connectivity index (χ1v) is 4.69. The summed E-state index contributed by atoms with van der Waals surface area (Å²) in [5.41, 5.74) is 0.768. The van der Waals surface area contributed by atoms with Crippen molar-refractivity contribution >= 4 is 22.0 Å². The Labute approximate surface area is 76.9 Å². The third-order valence-corrected chi connectivity index (χ3v) is 2.28. The van der Waals surface area contributed by atoms with Crippen LogP contribution in [0.15, 0.2) is 35.6 Å². The Kier molecular flexibility index (Phi) is 2.03. The van der Waals surface area contributed by atoms with Gasteiger partial charge in [0.1, 0.15) is 0 Å². The van der Waals surface area contributed by atoms with E-state index < -0.39 is 11.1 Å². The Morgan fingerprint density at radius 1 is 1.38 bits per heavy atom. The summed E-state index contributed by atoms with van der Waals surface area (Å²) in [7, 11) is 0. The molecular formula is C8H6N2O2S. The molecular weight excluding hydrogens is 188 g/mol. The first kappa shape index (κ1) is 8.28. The van der Waals surface area contributed by atoms with Gasteiger partial charge in [-0.3, -0.25) is 9.97 Å². The van der Waals surface area contributed by atoms with Gasteiger partial charge in [-0.15, -0.1) is 0 Å². The van der Waals surface area contributed by atoms with Crippen molar-refractivity contribution in [3.63, 3.8) is 0 Å². The summed E-state index contributed by atoms with van der Waals surface area (Å²) in [4.78, 5) is 8.19. The molecule has 66 valence electrons. The molecule has 5 heteroatoms. The van der Waals surface area contributed by atoms with E-state index in [1.165, 1.54) is 6.20 Å². The molecule has 2 aromatic heterocycles. The number of aromatic nitrogens is 2. The lowest BCUT2D eigenvalue weighted by Crippen LogP contribution is -1.90. The number of fused-ring (bicyclic) bond motifs is 1. The molecule has 1 N–H and O–H groups in total. The average Bonchev–Trinajstić information content (AvgIpc) is 2.17. The van der Waals surface area contributed by atoms with Crippen LogP contribution in [0.1, 0.15) is 0 Å². The molecule has 1 unspecified atom stereocenters. The van der Waals surface area contributed by atoms with E-state index in [0.29, 0.717) is 4.90 Å². The molecule has 1 atom stereocenters. The number of pyridine rings is 2. The van der Waals surface area contributed by atoms with E-state index in [1.807, 2.05) is 0 Å². The largest absolute Gasteiger partial charge is 0.302 e. The van der Waals surface area contributed by atoms with E-state index in [9.17, 15) is 4.21 Å². The van der Waals surface area contributed by atoms with E-state index in [2.05, 4.69) is 9.97 Å². The van der Waals surface area contributed by atoms with Gasteiger partial charge >= 0.3 is 0 Å². The highest BCUT2D eigenvalue weighted by Crippen LogP contribution is 2.12. The minimum Gasteiger partial charge on any atom is -0.302 e. The van der Waals surface area contributed by atoms with Crippen molar-refractivity contribution in [2.45, 2.75) is 4.90 Å². The molecule has 0 amide bonds. The van der Waals surface area contributed by atoms with Crippen molar-refractivity contribution in [3.8, 4) is 0 Å². The van der Waals surface area contributed by atoms with Gasteiger partial charge in [0.05, 0.1) is 10.4 Å². The number of rotatable bonds is 1. The molecule has 0 aliphatic heterocycles.